The van der Waals surface area contributed by atoms with Gasteiger partial charge in [-0.05, 0) is 26.7 Å². The molecule has 100 valence electrons. The Hall–Kier alpha value is -1.47. The molecule has 0 saturated carbocycles. The van der Waals surface area contributed by atoms with Crippen LogP contribution in [-0.4, -0.2) is 43.9 Å². The number of hydrogen-bond donors (Lipinski definition) is 1. The topological polar surface area (TPSA) is 84.4 Å². The zero-order valence-electron chi connectivity index (χ0n) is 10.7. The van der Waals surface area contributed by atoms with Crippen LogP contribution in [0.2, 0.25) is 0 Å². The summed E-state index contributed by atoms with van der Waals surface area (Å²) in [7, 11) is 0. The predicted molar refractivity (Wildman–Crippen MR) is 65.2 cm³/mol. The maximum absolute atomic E-state index is 10.9. The fourth-order valence-electron chi connectivity index (χ4n) is 2.44. The molecule has 0 unspecified atom stereocenters. The van der Waals surface area contributed by atoms with Gasteiger partial charge in [0.05, 0.1) is 17.7 Å². The Labute approximate surface area is 105 Å². The van der Waals surface area contributed by atoms with Crippen LogP contribution in [0, 0.1) is 24.0 Å². The van der Waals surface area contributed by atoms with E-state index in [9.17, 15) is 15.2 Å². The number of aryl methyl sites for hydroxylation is 1. The number of nitro groups is 1. The zero-order chi connectivity index (χ0) is 13.3. The number of aromatic nitrogens is 2. The first-order chi connectivity index (χ1) is 8.49. The molecule has 7 heteroatoms. The van der Waals surface area contributed by atoms with Gasteiger partial charge in [0.1, 0.15) is 11.4 Å². The molecule has 1 aromatic heterocycles. The van der Waals surface area contributed by atoms with Gasteiger partial charge in [0.15, 0.2) is 0 Å². The first-order valence-corrected chi connectivity index (χ1v) is 6.08. The molecule has 0 aromatic carbocycles. The lowest BCUT2D eigenvalue weighted by Crippen LogP contribution is -2.39. The van der Waals surface area contributed by atoms with E-state index in [1.807, 2.05) is 0 Å². The number of rotatable bonds is 3. The Bertz CT molecular complexity index is 457. The van der Waals surface area contributed by atoms with Crippen LogP contribution < -0.4 is 0 Å². The monoisotopic (exact) mass is 254 g/mol. The average Bonchev–Trinajstić information content (AvgIpc) is 2.54. The molecule has 1 N–H and O–H groups in total. The highest BCUT2D eigenvalue weighted by atomic mass is 16.6. The lowest BCUT2D eigenvalue weighted by atomic mass is 10.1. The van der Waals surface area contributed by atoms with Crippen molar-refractivity contribution in [2.75, 3.05) is 13.1 Å². The van der Waals surface area contributed by atoms with Gasteiger partial charge in [-0.15, -0.1) is 0 Å². The van der Waals surface area contributed by atoms with Crippen LogP contribution in [0.25, 0.3) is 0 Å². The highest BCUT2D eigenvalue weighted by Gasteiger charge is 2.24. The molecule has 2 heterocycles. The molecular weight excluding hydrogens is 236 g/mol. The summed E-state index contributed by atoms with van der Waals surface area (Å²) in [6.07, 6.45) is 1.47. The van der Waals surface area contributed by atoms with Crippen LogP contribution in [0.3, 0.4) is 0 Å². The summed E-state index contributed by atoms with van der Waals surface area (Å²) in [5.41, 5.74) is 1.10. The number of piperidine rings is 1. The van der Waals surface area contributed by atoms with E-state index in [1.54, 1.807) is 18.5 Å². The van der Waals surface area contributed by atoms with Gasteiger partial charge in [0.25, 0.3) is 0 Å². The molecule has 1 aromatic rings. The number of β-amino-alcohol motifs (C(OH)–C–C–N with tert-alkyl or cyclic N) is 1. The zero-order valence-corrected chi connectivity index (χ0v) is 10.7. The third kappa shape index (κ3) is 2.51. The van der Waals surface area contributed by atoms with E-state index in [-0.39, 0.29) is 16.7 Å². The highest BCUT2D eigenvalue weighted by Crippen LogP contribution is 2.22. The molecular formula is C11H18N4O3. The molecule has 0 spiro atoms. The summed E-state index contributed by atoms with van der Waals surface area (Å²) in [4.78, 5) is 12.6. The van der Waals surface area contributed by atoms with E-state index in [0.717, 1.165) is 19.4 Å². The van der Waals surface area contributed by atoms with Gasteiger partial charge in [-0.25, -0.2) is 4.68 Å². The number of nitrogens with zero attached hydrogens (tertiary/aromatic N) is 4. The SMILES string of the molecule is Cc1nn(CN2CCC[C@H](O)C2)c(C)c1[N+](=O)[O-]. The van der Waals surface area contributed by atoms with Crippen molar-refractivity contribution in [3.63, 3.8) is 0 Å². The summed E-state index contributed by atoms with van der Waals surface area (Å²) in [6.45, 7) is 5.35. The van der Waals surface area contributed by atoms with Crippen molar-refractivity contribution in [2.24, 2.45) is 0 Å². The fourth-order valence-corrected chi connectivity index (χ4v) is 2.44. The van der Waals surface area contributed by atoms with E-state index in [1.165, 1.54) is 0 Å². The van der Waals surface area contributed by atoms with Crippen LogP contribution >= 0.6 is 0 Å². The van der Waals surface area contributed by atoms with Crippen LogP contribution in [0.5, 0.6) is 0 Å². The Balaban J connectivity index is 2.14. The number of aliphatic hydroxyl groups is 1. The molecule has 0 aliphatic carbocycles. The second-order valence-electron chi connectivity index (χ2n) is 4.79. The maximum atomic E-state index is 10.9. The minimum atomic E-state index is -0.390. The van der Waals surface area contributed by atoms with Gasteiger partial charge in [-0.2, -0.15) is 5.10 Å². The van der Waals surface area contributed by atoms with Gasteiger partial charge >= 0.3 is 5.69 Å². The van der Waals surface area contributed by atoms with Crippen LogP contribution in [0.1, 0.15) is 24.2 Å². The van der Waals surface area contributed by atoms with Gasteiger partial charge in [0, 0.05) is 13.1 Å². The van der Waals surface area contributed by atoms with Crippen LogP contribution in [0.4, 0.5) is 5.69 Å². The third-order valence-electron chi connectivity index (χ3n) is 3.34. The van der Waals surface area contributed by atoms with Crippen LogP contribution in [0.15, 0.2) is 0 Å². The van der Waals surface area contributed by atoms with E-state index in [0.29, 0.717) is 24.6 Å². The maximum Gasteiger partial charge on any atom is 0.312 e. The molecule has 0 radical (unpaired) electrons. The van der Waals surface area contributed by atoms with Gasteiger partial charge < -0.3 is 5.11 Å². The van der Waals surface area contributed by atoms with Gasteiger partial charge in [-0.1, -0.05) is 0 Å². The second-order valence-corrected chi connectivity index (χ2v) is 4.79. The van der Waals surface area contributed by atoms with E-state index < -0.39 is 0 Å². The summed E-state index contributed by atoms with van der Waals surface area (Å²) < 4.78 is 1.64. The minimum absolute atomic E-state index is 0.0903. The summed E-state index contributed by atoms with van der Waals surface area (Å²) >= 11 is 0. The second kappa shape index (κ2) is 5.03. The van der Waals surface area contributed by atoms with E-state index in [2.05, 4.69) is 10.00 Å². The van der Waals surface area contributed by atoms with Crippen molar-refractivity contribution in [1.29, 1.82) is 0 Å². The lowest BCUT2D eigenvalue weighted by Gasteiger charge is -2.29. The highest BCUT2D eigenvalue weighted by molar-refractivity contribution is 5.39. The van der Waals surface area contributed by atoms with E-state index in [4.69, 9.17) is 0 Å². The number of likely N-dealkylation sites (tertiary alicyclic amines) is 1. The Morgan fingerprint density at radius 3 is 2.83 bits per heavy atom. The first-order valence-electron chi connectivity index (χ1n) is 6.08. The largest absolute Gasteiger partial charge is 0.392 e. The lowest BCUT2D eigenvalue weighted by molar-refractivity contribution is -0.386. The molecule has 2 rings (SSSR count). The summed E-state index contributed by atoms with van der Waals surface area (Å²) in [6, 6.07) is 0. The van der Waals surface area contributed by atoms with Crippen molar-refractivity contribution in [2.45, 2.75) is 39.5 Å². The van der Waals surface area contributed by atoms with Crippen LogP contribution in [-0.2, 0) is 6.67 Å². The standard InChI is InChI=1S/C11H18N4O3/c1-8-11(15(17)18)9(2)14(12-8)7-13-5-3-4-10(16)6-13/h10,16H,3-7H2,1-2H3/t10-/m0/s1. The van der Waals surface area contributed by atoms with Crippen molar-refractivity contribution >= 4 is 5.69 Å². The van der Waals surface area contributed by atoms with Crippen molar-refractivity contribution in [3.8, 4) is 0 Å². The Morgan fingerprint density at radius 2 is 2.28 bits per heavy atom. The predicted octanol–water partition coefficient (Wildman–Crippen LogP) is 0.822. The van der Waals surface area contributed by atoms with Crippen molar-refractivity contribution < 1.29 is 10.0 Å². The normalized spacial score (nSPS) is 21.2. The Morgan fingerprint density at radius 1 is 1.56 bits per heavy atom. The summed E-state index contributed by atoms with van der Waals surface area (Å²) in [5.74, 6) is 0. The van der Waals surface area contributed by atoms with Gasteiger partial charge in [0.2, 0.25) is 0 Å². The number of hydrogen-bond acceptors (Lipinski definition) is 5. The van der Waals surface area contributed by atoms with E-state index >= 15 is 0 Å². The fraction of sp³-hybridized carbons (Fsp3) is 0.727. The summed E-state index contributed by atoms with van der Waals surface area (Å²) in [5, 5.41) is 24.7. The third-order valence-corrected chi connectivity index (χ3v) is 3.34. The smallest absolute Gasteiger partial charge is 0.312 e. The minimum Gasteiger partial charge on any atom is -0.392 e. The van der Waals surface area contributed by atoms with Gasteiger partial charge in [-0.3, -0.25) is 15.0 Å². The molecule has 1 saturated heterocycles. The molecule has 1 aliphatic rings. The Kier molecular flexibility index (Phi) is 3.63. The first kappa shape index (κ1) is 13.0. The molecule has 1 atom stereocenters. The quantitative estimate of drug-likeness (QED) is 0.637. The molecule has 1 aliphatic heterocycles. The van der Waals surface area contributed by atoms with Crippen molar-refractivity contribution in [3.05, 3.63) is 21.5 Å². The van der Waals surface area contributed by atoms with Crippen molar-refractivity contribution in [1.82, 2.24) is 14.7 Å². The molecule has 0 amide bonds. The number of aliphatic hydroxyl groups excluding tert-OH is 1. The average molecular weight is 254 g/mol. The molecule has 0 bridgehead atoms. The molecule has 18 heavy (non-hydrogen) atoms. The molecule has 1 fully saturated rings. The molecule has 7 nitrogen and oxygen atoms in total.